The number of fused-ring (bicyclic) bond motifs is 2. The zero-order valence-corrected chi connectivity index (χ0v) is 20.9. The molecular weight excluding hydrogens is 478 g/mol. The number of nitrogens with one attached hydrogen (secondary N) is 1. The highest BCUT2D eigenvalue weighted by Crippen LogP contribution is 2.48. The standard InChI is InChI=1S/C26H23N5O2S2/c1-3-30-25(18-12-14-19(15-13-18)27-17(2)32)28-29-26(30)34-16-24(33)31-20-8-4-6-10-22(20)35-23-11-7-5-9-21(23)31/h4-15H,3,16H2,1-2H3,(H,27,32). The molecule has 0 radical (unpaired) electrons. The molecule has 2 heterocycles. The molecule has 176 valence electrons. The van der Waals surface area contributed by atoms with Gasteiger partial charge in [-0.05, 0) is 55.5 Å². The summed E-state index contributed by atoms with van der Waals surface area (Å²) in [5, 5.41) is 12.2. The number of aromatic nitrogens is 3. The van der Waals surface area contributed by atoms with Crippen molar-refractivity contribution in [3.63, 3.8) is 0 Å². The molecule has 0 atom stereocenters. The van der Waals surface area contributed by atoms with E-state index in [0.717, 1.165) is 38.2 Å². The summed E-state index contributed by atoms with van der Waals surface area (Å²) in [6.07, 6.45) is 0. The minimum Gasteiger partial charge on any atom is -0.326 e. The van der Waals surface area contributed by atoms with Gasteiger partial charge in [-0.3, -0.25) is 14.5 Å². The molecule has 9 heteroatoms. The highest BCUT2D eigenvalue weighted by Gasteiger charge is 2.28. The molecule has 0 bridgehead atoms. The molecule has 1 N–H and O–H groups in total. The van der Waals surface area contributed by atoms with Crippen molar-refractivity contribution in [3.8, 4) is 11.4 Å². The first-order valence-electron chi connectivity index (χ1n) is 11.2. The maximum absolute atomic E-state index is 13.5. The molecule has 0 aliphatic carbocycles. The van der Waals surface area contributed by atoms with Crippen molar-refractivity contribution in [2.75, 3.05) is 16.0 Å². The van der Waals surface area contributed by atoms with Crippen LogP contribution in [-0.2, 0) is 16.1 Å². The van der Waals surface area contributed by atoms with Crippen LogP contribution in [0, 0.1) is 0 Å². The fraction of sp³-hybridized carbons (Fsp3) is 0.154. The summed E-state index contributed by atoms with van der Waals surface area (Å²) in [5.41, 5.74) is 3.42. The number of nitrogens with zero attached hydrogens (tertiary/aromatic N) is 4. The second-order valence-corrected chi connectivity index (χ2v) is 9.89. The van der Waals surface area contributed by atoms with E-state index in [1.54, 1.807) is 11.8 Å². The van der Waals surface area contributed by atoms with Gasteiger partial charge in [-0.15, -0.1) is 10.2 Å². The third-order valence-corrected chi connectivity index (χ3v) is 7.58. The van der Waals surface area contributed by atoms with E-state index in [-0.39, 0.29) is 17.6 Å². The first kappa shape index (κ1) is 23.2. The number of hydrogen-bond donors (Lipinski definition) is 1. The van der Waals surface area contributed by atoms with Crippen molar-refractivity contribution in [2.24, 2.45) is 0 Å². The Hall–Kier alpha value is -3.56. The molecule has 0 fully saturated rings. The van der Waals surface area contributed by atoms with Crippen molar-refractivity contribution in [1.82, 2.24) is 14.8 Å². The van der Waals surface area contributed by atoms with Crippen LogP contribution in [0.15, 0.2) is 87.7 Å². The summed E-state index contributed by atoms with van der Waals surface area (Å²) in [6.45, 7) is 4.17. The number of carbonyl (C=O) groups is 2. The SMILES string of the molecule is CCn1c(SCC(=O)N2c3ccccc3Sc3ccccc32)nnc1-c1ccc(NC(C)=O)cc1. The van der Waals surface area contributed by atoms with Crippen molar-refractivity contribution in [1.29, 1.82) is 0 Å². The third kappa shape index (κ3) is 4.69. The summed E-state index contributed by atoms with van der Waals surface area (Å²) in [7, 11) is 0. The molecule has 1 aliphatic heterocycles. The Labute approximate surface area is 211 Å². The van der Waals surface area contributed by atoms with E-state index in [0.29, 0.717) is 11.7 Å². The second-order valence-electron chi connectivity index (χ2n) is 7.86. The molecule has 0 saturated carbocycles. The number of anilines is 3. The van der Waals surface area contributed by atoms with E-state index >= 15 is 0 Å². The van der Waals surface area contributed by atoms with Gasteiger partial charge >= 0.3 is 0 Å². The predicted molar refractivity (Wildman–Crippen MR) is 140 cm³/mol. The van der Waals surface area contributed by atoms with E-state index in [1.165, 1.54) is 18.7 Å². The maximum Gasteiger partial charge on any atom is 0.242 e. The summed E-state index contributed by atoms with van der Waals surface area (Å²) in [4.78, 5) is 28.7. The van der Waals surface area contributed by atoms with E-state index in [9.17, 15) is 9.59 Å². The maximum atomic E-state index is 13.5. The topological polar surface area (TPSA) is 80.1 Å². The number of hydrogen-bond acceptors (Lipinski definition) is 6. The first-order valence-corrected chi connectivity index (χ1v) is 13.0. The average molecular weight is 502 g/mol. The summed E-state index contributed by atoms with van der Waals surface area (Å²) in [5.74, 6) is 0.826. The van der Waals surface area contributed by atoms with Crippen LogP contribution in [-0.4, -0.2) is 32.3 Å². The number of amides is 2. The van der Waals surface area contributed by atoms with Gasteiger partial charge in [-0.1, -0.05) is 47.8 Å². The van der Waals surface area contributed by atoms with Gasteiger partial charge in [0.1, 0.15) is 0 Å². The number of benzene rings is 3. The summed E-state index contributed by atoms with van der Waals surface area (Å²) < 4.78 is 2.00. The Morgan fingerprint density at radius 2 is 1.54 bits per heavy atom. The molecule has 0 saturated heterocycles. The lowest BCUT2D eigenvalue weighted by Gasteiger charge is -2.30. The van der Waals surface area contributed by atoms with Gasteiger partial charge in [-0.2, -0.15) is 0 Å². The molecule has 35 heavy (non-hydrogen) atoms. The van der Waals surface area contributed by atoms with Crippen LogP contribution < -0.4 is 10.2 Å². The Balaban J connectivity index is 1.37. The van der Waals surface area contributed by atoms with Crippen LogP contribution in [0.2, 0.25) is 0 Å². The van der Waals surface area contributed by atoms with Crippen molar-refractivity contribution >= 4 is 52.4 Å². The minimum absolute atomic E-state index is 0.0120. The van der Waals surface area contributed by atoms with Crippen LogP contribution in [0.5, 0.6) is 0 Å². The van der Waals surface area contributed by atoms with Crippen LogP contribution in [0.1, 0.15) is 13.8 Å². The fourth-order valence-electron chi connectivity index (χ4n) is 3.96. The molecule has 7 nitrogen and oxygen atoms in total. The van der Waals surface area contributed by atoms with Crippen LogP contribution in [0.4, 0.5) is 17.1 Å². The lowest BCUT2D eigenvalue weighted by Crippen LogP contribution is -2.30. The van der Waals surface area contributed by atoms with Gasteiger partial charge in [0.05, 0.1) is 17.1 Å². The quantitative estimate of drug-likeness (QED) is 0.334. The smallest absolute Gasteiger partial charge is 0.242 e. The van der Waals surface area contributed by atoms with Gasteiger partial charge in [0.2, 0.25) is 11.8 Å². The Bertz CT molecular complexity index is 1360. The number of para-hydroxylation sites is 2. The highest BCUT2D eigenvalue weighted by molar-refractivity contribution is 8.00. The Morgan fingerprint density at radius 1 is 0.914 bits per heavy atom. The lowest BCUT2D eigenvalue weighted by molar-refractivity contribution is -0.115. The molecule has 2 amide bonds. The predicted octanol–water partition coefficient (Wildman–Crippen LogP) is 5.85. The average Bonchev–Trinajstić information content (AvgIpc) is 3.28. The lowest BCUT2D eigenvalue weighted by atomic mass is 10.2. The van der Waals surface area contributed by atoms with E-state index in [4.69, 9.17) is 0 Å². The van der Waals surface area contributed by atoms with Crippen LogP contribution in [0.3, 0.4) is 0 Å². The van der Waals surface area contributed by atoms with Crippen molar-refractivity contribution < 1.29 is 9.59 Å². The van der Waals surface area contributed by atoms with E-state index in [2.05, 4.69) is 15.5 Å². The zero-order valence-electron chi connectivity index (χ0n) is 19.3. The molecule has 3 aromatic carbocycles. The number of rotatable bonds is 6. The largest absolute Gasteiger partial charge is 0.326 e. The zero-order chi connectivity index (χ0) is 24.4. The van der Waals surface area contributed by atoms with E-state index < -0.39 is 0 Å². The molecule has 0 spiro atoms. The minimum atomic E-state index is -0.115. The Kier molecular flexibility index (Phi) is 6.61. The Morgan fingerprint density at radius 3 is 2.14 bits per heavy atom. The normalized spacial score (nSPS) is 12.1. The van der Waals surface area contributed by atoms with Gasteiger partial charge < -0.3 is 9.88 Å². The van der Waals surface area contributed by atoms with Gasteiger partial charge in [0.25, 0.3) is 0 Å². The molecule has 4 aromatic rings. The third-order valence-electron chi connectivity index (χ3n) is 5.50. The van der Waals surface area contributed by atoms with Crippen molar-refractivity contribution in [2.45, 2.75) is 35.3 Å². The summed E-state index contributed by atoms with van der Waals surface area (Å²) >= 11 is 3.06. The molecule has 5 rings (SSSR count). The van der Waals surface area contributed by atoms with Gasteiger partial charge in [-0.25, -0.2) is 0 Å². The highest BCUT2D eigenvalue weighted by atomic mass is 32.2. The van der Waals surface area contributed by atoms with Crippen molar-refractivity contribution in [3.05, 3.63) is 72.8 Å². The first-order chi connectivity index (χ1) is 17.0. The fourth-order valence-corrected chi connectivity index (χ4v) is 5.87. The van der Waals surface area contributed by atoms with Gasteiger partial charge in [0, 0.05) is 34.5 Å². The van der Waals surface area contributed by atoms with Crippen LogP contribution >= 0.6 is 23.5 Å². The molecule has 1 aromatic heterocycles. The van der Waals surface area contributed by atoms with E-state index in [1.807, 2.05) is 89.2 Å². The molecule has 1 aliphatic rings. The second kappa shape index (κ2) is 9.97. The molecule has 0 unspecified atom stereocenters. The monoisotopic (exact) mass is 501 g/mol. The van der Waals surface area contributed by atoms with Crippen LogP contribution in [0.25, 0.3) is 11.4 Å². The number of thioether (sulfide) groups is 1. The molecular formula is C26H23N5O2S2. The number of carbonyl (C=O) groups excluding carboxylic acids is 2. The van der Waals surface area contributed by atoms with Gasteiger partial charge in [0.15, 0.2) is 11.0 Å². The summed E-state index contributed by atoms with van der Waals surface area (Å²) in [6, 6.07) is 23.4.